The van der Waals surface area contributed by atoms with E-state index in [1.165, 1.54) is 5.56 Å². The second-order valence-corrected chi connectivity index (χ2v) is 6.42. The number of nitrogens with zero attached hydrogens (tertiary/aromatic N) is 2. The van der Waals surface area contributed by atoms with E-state index in [-0.39, 0.29) is 42.9 Å². The summed E-state index contributed by atoms with van der Waals surface area (Å²) in [5.41, 5.74) is 1.19. The maximum absolute atomic E-state index is 12.7. The number of methoxy groups -OCH3 is 1. The molecule has 0 spiro atoms. The van der Waals surface area contributed by atoms with Crippen LogP contribution in [-0.2, 0) is 16.1 Å². The molecule has 1 amide bonds. The Bertz CT molecular complexity index is 568. The van der Waals surface area contributed by atoms with E-state index in [0.29, 0.717) is 6.61 Å². The molecule has 2 aliphatic rings. The number of hydrogen-bond acceptors (Lipinski definition) is 5. The van der Waals surface area contributed by atoms with Gasteiger partial charge in [-0.1, -0.05) is 18.2 Å². The molecule has 6 nitrogen and oxygen atoms in total. The number of para-hydroxylation sites is 1. The zero-order chi connectivity index (χ0) is 16.9. The Kier molecular flexibility index (Phi) is 9.68. The van der Waals surface area contributed by atoms with Gasteiger partial charge in [0.05, 0.1) is 19.8 Å². The molecule has 2 heterocycles. The number of halogens is 2. The molecule has 0 radical (unpaired) electrons. The fourth-order valence-corrected chi connectivity index (χ4v) is 3.41. The summed E-state index contributed by atoms with van der Waals surface area (Å²) in [5, 5.41) is 3.29. The minimum absolute atomic E-state index is 0. The minimum atomic E-state index is -0.209. The van der Waals surface area contributed by atoms with Gasteiger partial charge in [-0.2, -0.15) is 0 Å². The summed E-state index contributed by atoms with van der Waals surface area (Å²) < 4.78 is 11.0. The second-order valence-electron chi connectivity index (χ2n) is 6.42. The summed E-state index contributed by atoms with van der Waals surface area (Å²) in [6.45, 7) is 7.53. The average Bonchev–Trinajstić information content (AvgIpc) is 2.63. The van der Waals surface area contributed by atoms with E-state index < -0.39 is 0 Å². The third kappa shape index (κ3) is 5.47. The van der Waals surface area contributed by atoms with Gasteiger partial charge in [-0.05, 0) is 13.0 Å². The standard InChI is InChI=1S/C18H27N3O3.2ClH/c1-14-17(19-7-12-24-14)18(22)21-10-8-20(9-11-21)13-15-5-3-4-6-16(15)23-2;;/h3-6,14,17,19H,7-13H2,1-2H3;2*1H/t14-,17+;;/m1../s1. The molecule has 0 aliphatic carbocycles. The van der Waals surface area contributed by atoms with Crippen LogP contribution in [0.2, 0.25) is 0 Å². The van der Waals surface area contributed by atoms with Crippen molar-refractivity contribution in [1.82, 2.24) is 15.1 Å². The highest BCUT2D eigenvalue weighted by molar-refractivity contribution is 5.85. The van der Waals surface area contributed by atoms with Gasteiger partial charge in [0.15, 0.2) is 0 Å². The molecule has 1 N–H and O–H groups in total. The Morgan fingerprint density at radius 3 is 2.58 bits per heavy atom. The van der Waals surface area contributed by atoms with Gasteiger partial charge in [-0.3, -0.25) is 9.69 Å². The van der Waals surface area contributed by atoms with Gasteiger partial charge in [0.2, 0.25) is 5.91 Å². The Balaban J connectivity index is 0.00000169. The number of nitrogens with one attached hydrogen (secondary N) is 1. The highest BCUT2D eigenvalue weighted by Gasteiger charge is 2.33. The lowest BCUT2D eigenvalue weighted by atomic mass is 10.1. The van der Waals surface area contributed by atoms with E-state index in [0.717, 1.165) is 45.0 Å². The Hall–Kier alpha value is -1.05. The van der Waals surface area contributed by atoms with Crippen LogP contribution < -0.4 is 10.1 Å². The molecule has 0 aromatic heterocycles. The van der Waals surface area contributed by atoms with Crippen molar-refractivity contribution in [2.24, 2.45) is 0 Å². The molecule has 148 valence electrons. The highest BCUT2D eigenvalue weighted by Crippen LogP contribution is 2.20. The van der Waals surface area contributed by atoms with E-state index in [1.54, 1.807) is 7.11 Å². The van der Waals surface area contributed by atoms with Crippen molar-refractivity contribution in [3.63, 3.8) is 0 Å². The molecule has 26 heavy (non-hydrogen) atoms. The maximum Gasteiger partial charge on any atom is 0.242 e. The van der Waals surface area contributed by atoms with E-state index in [1.807, 2.05) is 30.0 Å². The largest absolute Gasteiger partial charge is 0.496 e. The Morgan fingerprint density at radius 1 is 1.23 bits per heavy atom. The van der Waals surface area contributed by atoms with Crippen LogP contribution in [-0.4, -0.2) is 74.3 Å². The molecule has 0 bridgehead atoms. The highest BCUT2D eigenvalue weighted by atomic mass is 35.5. The number of benzene rings is 1. The molecule has 1 aromatic carbocycles. The Labute approximate surface area is 168 Å². The van der Waals surface area contributed by atoms with Crippen molar-refractivity contribution in [1.29, 1.82) is 0 Å². The summed E-state index contributed by atoms with van der Waals surface area (Å²) >= 11 is 0. The molecule has 3 rings (SSSR count). The predicted octanol–water partition coefficient (Wildman–Crippen LogP) is 1.56. The molecule has 0 unspecified atom stereocenters. The number of ether oxygens (including phenoxy) is 2. The molecule has 2 atom stereocenters. The van der Waals surface area contributed by atoms with Crippen LogP contribution in [0.25, 0.3) is 0 Å². The van der Waals surface area contributed by atoms with Crippen LogP contribution in [0.1, 0.15) is 12.5 Å². The number of rotatable bonds is 4. The van der Waals surface area contributed by atoms with E-state index in [2.05, 4.69) is 16.3 Å². The number of amides is 1. The topological polar surface area (TPSA) is 54.0 Å². The number of piperazine rings is 1. The van der Waals surface area contributed by atoms with Crippen molar-refractivity contribution in [3.05, 3.63) is 29.8 Å². The summed E-state index contributed by atoms with van der Waals surface area (Å²) in [7, 11) is 1.70. The first kappa shape index (κ1) is 23.0. The second kappa shape index (κ2) is 10.9. The van der Waals surface area contributed by atoms with Gasteiger partial charge < -0.3 is 19.7 Å². The molecular weight excluding hydrogens is 377 g/mol. The maximum atomic E-state index is 12.7. The predicted molar refractivity (Wildman–Crippen MR) is 107 cm³/mol. The molecular formula is C18H29Cl2N3O3. The first-order chi connectivity index (χ1) is 11.7. The van der Waals surface area contributed by atoms with Crippen molar-refractivity contribution in [2.45, 2.75) is 25.6 Å². The van der Waals surface area contributed by atoms with Crippen molar-refractivity contribution in [2.75, 3.05) is 46.4 Å². The number of carbonyl (C=O) groups is 1. The molecule has 8 heteroatoms. The summed E-state index contributed by atoms with van der Waals surface area (Å²) in [6, 6.07) is 7.90. The summed E-state index contributed by atoms with van der Waals surface area (Å²) in [4.78, 5) is 17.0. The normalized spacial score (nSPS) is 23.5. The van der Waals surface area contributed by atoms with E-state index >= 15 is 0 Å². The van der Waals surface area contributed by atoms with Gasteiger partial charge >= 0.3 is 0 Å². The SMILES string of the molecule is COc1ccccc1CN1CCN(C(=O)[C@H]2NCCO[C@@H]2C)CC1.Cl.Cl. The zero-order valence-corrected chi connectivity index (χ0v) is 17.0. The van der Waals surface area contributed by atoms with Gasteiger partial charge in [0.25, 0.3) is 0 Å². The Morgan fingerprint density at radius 2 is 1.92 bits per heavy atom. The lowest BCUT2D eigenvalue weighted by Gasteiger charge is -2.38. The van der Waals surface area contributed by atoms with E-state index in [4.69, 9.17) is 9.47 Å². The molecule has 2 aliphatic heterocycles. The van der Waals surface area contributed by atoms with Gasteiger partial charge in [0, 0.05) is 44.8 Å². The van der Waals surface area contributed by atoms with Gasteiger partial charge in [0.1, 0.15) is 11.8 Å². The van der Waals surface area contributed by atoms with Gasteiger partial charge in [-0.15, -0.1) is 24.8 Å². The van der Waals surface area contributed by atoms with Crippen molar-refractivity contribution in [3.8, 4) is 5.75 Å². The number of hydrogen-bond donors (Lipinski definition) is 1. The van der Waals surface area contributed by atoms with Crippen molar-refractivity contribution < 1.29 is 14.3 Å². The average molecular weight is 406 g/mol. The van der Waals surface area contributed by atoms with Crippen LogP contribution in [0.3, 0.4) is 0 Å². The molecule has 1 aromatic rings. The first-order valence-corrected chi connectivity index (χ1v) is 8.67. The van der Waals surface area contributed by atoms with E-state index in [9.17, 15) is 4.79 Å². The summed E-state index contributed by atoms with van der Waals surface area (Å²) in [5.74, 6) is 1.09. The fraction of sp³-hybridized carbons (Fsp3) is 0.611. The third-order valence-corrected chi connectivity index (χ3v) is 4.85. The lowest BCUT2D eigenvalue weighted by Crippen LogP contribution is -2.59. The van der Waals surface area contributed by atoms with Gasteiger partial charge in [-0.25, -0.2) is 0 Å². The molecule has 2 saturated heterocycles. The monoisotopic (exact) mass is 405 g/mol. The lowest BCUT2D eigenvalue weighted by molar-refractivity contribution is -0.141. The fourth-order valence-electron chi connectivity index (χ4n) is 3.41. The quantitative estimate of drug-likeness (QED) is 0.823. The molecule has 2 fully saturated rings. The number of carbonyl (C=O) groups excluding carboxylic acids is 1. The summed E-state index contributed by atoms with van der Waals surface area (Å²) in [6.07, 6.45) is -0.0575. The zero-order valence-electron chi connectivity index (χ0n) is 15.3. The van der Waals surface area contributed by atoms with Crippen LogP contribution in [0, 0.1) is 0 Å². The first-order valence-electron chi connectivity index (χ1n) is 8.67. The van der Waals surface area contributed by atoms with Crippen LogP contribution in [0.15, 0.2) is 24.3 Å². The van der Waals surface area contributed by atoms with Crippen LogP contribution >= 0.6 is 24.8 Å². The minimum Gasteiger partial charge on any atom is -0.496 e. The smallest absolute Gasteiger partial charge is 0.242 e. The van der Waals surface area contributed by atoms with Crippen molar-refractivity contribution >= 4 is 30.7 Å². The molecule has 0 saturated carbocycles. The van der Waals surface area contributed by atoms with Crippen LogP contribution in [0.4, 0.5) is 0 Å². The number of morpholine rings is 1. The third-order valence-electron chi connectivity index (χ3n) is 4.85. The van der Waals surface area contributed by atoms with Crippen LogP contribution in [0.5, 0.6) is 5.75 Å².